The molecule has 2 heterocycles. The number of benzene rings is 3. The van der Waals surface area contributed by atoms with Crippen LogP contribution in [-0.4, -0.2) is 21.8 Å². The van der Waals surface area contributed by atoms with Gasteiger partial charge in [-0.05, 0) is 48.7 Å². The molecule has 1 fully saturated rings. The number of aliphatic hydroxyl groups excluding tert-OH is 1. The summed E-state index contributed by atoms with van der Waals surface area (Å²) >= 11 is 7.60. The van der Waals surface area contributed by atoms with E-state index >= 15 is 0 Å². The number of ketones is 1. The molecule has 0 spiro atoms. The van der Waals surface area contributed by atoms with Crippen molar-refractivity contribution in [1.29, 1.82) is 0 Å². The summed E-state index contributed by atoms with van der Waals surface area (Å²) in [5.74, 6) is -1.71. The van der Waals surface area contributed by atoms with Gasteiger partial charge < -0.3 is 5.11 Å². The maximum Gasteiger partial charge on any atom is 0.301 e. The summed E-state index contributed by atoms with van der Waals surface area (Å²) in [5, 5.41) is 12.0. The van der Waals surface area contributed by atoms with Crippen molar-refractivity contribution in [1.82, 2.24) is 4.98 Å². The molecule has 1 aliphatic heterocycles. The Morgan fingerprint density at radius 2 is 1.79 bits per heavy atom. The molecule has 33 heavy (non-hydrogen) atoms. The number of aryl methyl sites for hydroxylation is 2. The molecule has 0 radical (unpaired) electrons. The van der Waals surface area contributed by atoms with E-state index in [9.17, 15) is 14.7 Å². The Labute approximate surface area is 199 Å². The third-order valence-electron chi connectivity index (χ3n) is 5.68. The first-order valence-electron chi connectivity index (χ1n) is 10.3. The molecule has 0 unspecified atom stereocenters. The minimum Gasteiger partial charge on any atom is -0.507 e. The van der Waals surface area contributed by atoms with Crippen molar-refractivity contribution in [3.05, 3.63) is 99.6 Å². The van der Waals surface area contributed by atoms with Crippen LogP contribution in [0.2, 0.25) is 5.02 Å². The van der Waals surface area contributed by atoms with E-state index < -0.39 is 17.7 Å². The molecule has 7 heteroatoms. The fourth-order valence-corrected chi connectivity index (χ4v) is 5.60. The third-order valence-corrected chi connectivity index (χ3v) is 6.92. The van der Waals surface area contributed by atoms with Crippen LogP contribution in [0.3, 0.4) is 0 Å². The Balaban J connectivity index is 1.76. The molecule has 3 aromatic carbocycles. The second kappa shape index (κ2) is 8.14. The molecule has 0 bridgehead atoms. The minimum atomic E-state index is -0.856. The van der Waals surface area contributed by atoms with Crippen LogP contribution in [0.15, 0.2) is 72.3 Å². The number of carbonyl (C=O) groups is 2. The van der Waals surface area contributed by atoms with E-state index in [2.05, 4.69) is 0 Å². The van der Waals surface area contributed by atoms with Crippen molar-refractivity contribution in [3.8, 4) is 0 Å². The standard InChI is InChI=1S/C26H19ClN2O3S/c1-14-11-15(2)21-19(12-14)33-26(28-21)29-22(17-9-6-10-18(27)13-17)20(24(31)25(29)32)23(30)16-7-4-3-5-8-16/h3-13,22,30H,1-2H3/b23-20+/t22-/m1/s1. The zero-order valence-corrected chi connectivity index (χ0v) is 19.4. The number of thiazole rings is 1. The summed E-state index contributed by atoms with van der Waals surface area (Å²) in [6.45, 7) is 3.97. The number of anilines is 1. The van der Waals surface area contributed by atoms with Crippen molar-refractivity contribution in [2.45, 2.75) is 19.9 Å². The molecular weight excluding hydrogens is 456 g/mol. The topological polar surface area (TPSA) is 70.5 Å². The number of aromatic nitrogens is 1. The number of rotatable bonds is 3. The first-order chi connectivity index (χ1) is 15.8. The highest BCUT2D eigenvalue weighted by molar-refractivity contribution is 7.22. The molecule has 5 nitrogen and oxygen atoms in total. The van der Waals surface area contributed by atoms with E-state index in [4.69, 9.17) is 16.6 Å². The summed E-state index contributed by atoms with van der Waals surface area (Å²) in [5.41, 5.74) is 3.96. The SMILES string of the molecule is Cc1cc(C)c2nc(N3C(=O)C(=O)/C(=C(/O)c4ccccc4)[C@H]3c3cccc(Cl)c3)sc2c1. The summed E-state index contributed by atoms with van der Waals surface area (Å²) in [6, 6.07) is 18.9. The van der Waals surface area contributed by atoms with Gasteiger partial charge in [-0.25, -0.2) is 4.98 Å². The fourth-order valence-electron chi connectivity index (χ4n) is 4.24. The molecule has 1 atom stereocenters. The van der Waals surface area contributed by atoms with Gasteiger partial charge in [0.15, 0.2) is 5.13 Å². The van der Waals surface area contributed by atoms with Crippen LogP contribution < -0.4 is 4.90 Å². The van der Waals surface area contributed by atoms with Gasteiger partial charge in [0.1, 0.15) is 5.76 Å². The predicted octanol–water partition coefficient (Wildman–Crippen LogP) is 6.19. The van der Waals surface area contributed by atoms with Gasteiger partial charge in [0.2, 0.25) is 0 Å². The van der Waals surface area contributed by atoms with Crippen LogP contribution in [-0.2, 0) is 9.59 Å². The lowest BCUT2D eigenvalue weighted by Gasteiger charge is -2.23. The first-order valence-corrected chi connectivity index (χ1v) is 11.5. The highest BCUT2D eigenvalue weighted by Crippen LogP contribution is 2.45. The van der Waals surface area contributed by atoms with Crippen molar-refractivity contribution >= 4 is 55.7 Å². The van der Waals surface area contributed by atoms with Gasteiger partial charge >= 0.3 is 5.91 Å². The van der Waals surface area contributed by atoms with Gasteiger partial charge in [-0.3, -0.25) is 14.5 Å². The van der Waals surface area contributed by atoms with Gasteiger partial charge in [0.25, 0.3) is 5.78 Å². The van der Waals surface area contributed by atoms with Gasteiger partial charge in [0, 0.05) is 10.6 Å². The normalized spacial score (nSPS) is 17.8. The number of amides is 1. The van der Waals surface area contributed by atoms with Gasteiger partial charge in [-0.1, -0.05) is 71.5 Å². The average molecular weight is 475 g/mol. The Morgan fingerprint density at radius 3 is 2.52 bits per heavy atom. The summed E-state index contributed by atoms with van der Waals surface area (Å²) in [7, 11) is 0. The van der Waals surface area contributed by atoms with Crippen LogP contribution >= 0.6 is 22.9 Å². The van der Waals surface area contributed by atoms with Crippen molar-refractivity contribution in [2.24, 2.45) is 0 Å². The van der Waals surface area contributed by atoms with Gasteiger partial charge in [-0.15, -0.1) is 0 Å². The molecule has 5 rings (SSSR count). The number of halogens is 1. The van der Waals surface area contributed by atoms with E-state index in [0.717, 1.165) is 21.3 Å². The van der Waals surface area contributed by atoms with E-state index in [1.165, 1.54) is 16.2 Å². The number of fused-ring (bicyclic) bond motifs is 1. The van der Waals surface area contributed by atoms with Crippen LogP contribution in [0, 0.1) is 13.8 Å². The van der Waals surface area contributed by atoms with Gasteiger partial charge in [0.05, 0.1) is 21.8 Å². The lowest BCUT2D eigenvalue weighted by atomic mass is 9.95. The molecule has 4 aromatic rings. The molecule has 1 amide bonds. The van der Waals surface area contributed by atoms with E-state index in [-0.39, 0.29) is 11.3 Å². The number of hydrogen-bond acceptors (Lipinski definition) is 5. The Bertz CT molecular complexity index is 1460. The summed E-state index contributed by atoms with van der Waals surface area (Å²) in [6.07, 6.45) is 0. The first kappa shape index (κ1) is 21.4. The van der Waals surface area contributed by atoms with E-state index in [1.54, 1.807) is 48.5 Å². The monoisotopic (exact) mass is 474 g/mol. The van der Waals surface area contributed by atoms with Crippen LogP contribution in [0.4, 0.5) is 5.13 Å². The smallest absolute Gasteiger partial charge is 0.301 e. The number of carbonyl (C=O) groups excluding carboxylic acids is 2. The summed E-state index contributed by atoms with van der Waals surface area (Å²) in [4.78, 5) is 32.7. The number of aliphatic hydroxyl groups is 1. The van der Waals surface area contributed by atoms with Crippen LogP contribution in [0.5, 0.6) is 0 Å². The third kappa shape index (κ3) is 3.61. The second-order valence-electron chi connectivity index (χ2n) is 8.02. The molecule has 0 saturated carbocycles. The zero-order chi connectivity index (χ0) is 23.3. The lowest BCUT2D eigenvalue weighted by molar-refractivity contribution is -0.132. The zero-order valence-electron chi connectivity index (χ0n) is 17.9. The molecular formula is C26H19ClN2O3S. The Kier molecular flexibility index (Phi) is 5.27. The van der Waals surface area contributed by atoms with Crippen molar-refractivity contribution in [2.75, 3.05) is 4.90 Å². The van der Waals surface area contributed by atoms with E-state index in [0.29, 0.717) is 21.3 Å². The Morgan fingerprint density at radius 1 is 1.03 bits per heavy atom. The van der Waals surface area contributed by atoms with Crippen LogP contribution in [0.25, 0.3) is 16.0 Å². The van der Waals surface area contributed by atoms with Gasteiger partial charge in [-0.2, -0.15) is 0 Å². The fraction of sp³-hybridized carbons (Fsp3) is 0.115. The largest absolute Gasteiger partial charge is 0.507 e. The molecule has 164 valence electrons. The van der Waals surface area contributed by atoms with Crippen LogP contribution in [0.1, 0.15) is 28.3 Å². The maximum atomic E-state index is 13.3. The number of hydrogen-bond donors (Lipinski definition) is 1. The quantitative estimate of drug-likeness (QED) is 0.218. The Hall–Kier alpha value is -3.48. The maximum absolute atomic E-state index is 13.3. The molecule has 1 N–H and O–H groups in total. The highest BCUT2D eigenvalue weighted by Gasteiger charge is 2.48. The molecule has 1 aliphatic rings. The molecule has 0 aliphatic carbocycles. The highest BCUT2D eigenvalue weighted by atomic mass is 35.5. The predicted molar refractivity (Wildman–Crippen MR) is 132 cm³/mol. The summed E-state index contributed by atoms with van der Waals surface area (Å²) < 4.78 is 0.928. The minimum absolute atomic E-state index is 0.0145. The van der Waals surface area contributed by atoms with Crippen molar-refractivity contribution < 1.29 is 14.7 Å². The molecule has 1 aromatic heterocycles. The number of Topliss-reactive ketones (excluding diaryl/α,β-unsaturated/α-hetero) is 1. The van der Waals surface area contributed by atoms with Crippen molar-refractivity contribution in [3.63, 3.8) is 0 Å². The van der Waals surface area contributed by atoms with E-state index in [1.807, 2.05) is 32.0 Å². The second-order valence-corrected chi connectivity index (χ2v) is 9.46. The average Bonchev–Trinajstić information content (AvgIpc) is 3.33. The lowest BCUT2D eigenvalue weighted by Crippen LogP contribution is -2.29. The number of nitrogens with zero attached hydrogens (tertiary/aromatic N) is 2. The molecule has 1 saturated heterocycles.